The normalized spacial score (nSPS) is 14.4. The maximum absolute atomic E-state index is 5.74. The van der Waals surface area contributed by atoms with Crippen LogP contribution in [0.15, 0.2) is 73.3 Å². The first-order valence-corrected chi connectivity index (χ1v) is 10.5. The van der Waals surface area contributed by atoms with Crippen molar-refractivity contribution in [1.82, 2.24) is 19.2 Å². The number of allylic oxidation sites excluding steroid dienone is 1. The Bertz CT molecular complexity index is 1100. The summed E-state index contributed by atoms with van der Waals surface area (Å²) in [7, 11) is 1.67. The predicted octanol–water partition coefficient (Wildman–Crippen LogP) is 5.02. The molecule has 0 atom stereocenters. The number of methoxy groups -OCH3 is 1. The highest BCUT2D eigenvalue weighted by atomic mass is 32.1. The molecule has 0 saturated heterocycles. The number of nitrogens with zero attached hydrogens (tertiary/aromatic N) is 4. The van der Waals surface area contributed by atoms with E-state index in [0.717, 1.165) is 36.6 Å². The van der Waals surface area contributed by atoms with Crippen molar-refractivity contribution in [2.24, 2.45) is 0 Å². The molecule has 6 heteroatoms. The molecule has 0 bridgehead atoms. The van der Waals surface area contributed by atoms with Crippen LogP contribution >= 0.6 is 12.2 Å². The molecule has 0 saturated carbocycles. The molecule has 0 radical (unpaired) electrons. The number of hydrogen-bond acceptors (Lipinski definition) is 4. The van der Waals surface area contributed by atoms with Crippen molar-refractivity contribution >= 4 is 17.8 Å². The van der Waals surface area contributed by atoms with Crippen molar-refractivity contribution in [2.75, 3.05) is 20.2 Å². The highest BCUT2D eigenvalue weighted by Crippen LogP contribution is 2.24. The molecule has 30 heavy (non-hydrogen) atoms. The van der Waals surface area contributed by atoms with E-state index in [4.69, 9.17) is 22.1 Å². The molecule has 4 rings (SSSR count). The topological polar surface area (TPSA) is 35.2 Å². The lowest BCUT2D eigenvalue weighted by molar-refractivity contribution is 0.226. The molecule has 0 spiro atoms. The van der Waals surface area contributed by atoms with Gasteiger partial charge in [0.25, 0.3) is 0 Å². The quantitative estimate of drug-likeness (QED) is 0.399. The van der Waals surface area contributed by atoms with E-state index in [2.05, 4.69) is 47.9 Å². The fourth-order valence-electron chi connectivity index (χ4n) is 3.72. The fourth-order valence-corrected chi connectivity index (χ4v) is 3.98. The fraction of sp³-hybridized carbons (Fsp3) is 0.250. The molecule has 1 aliphatic rings. The Morgan fingerprint density at radius 2 is 1.87 bits per heavy atom. The van der Waals surface area contributed by atoms with E-state index in [1.165, 1.54) is 11.1 Å². The summed E-state index contributed by atoms with van der Waals surface area (Å²) in [6.45, 7) is 7.04. The SMILES string of the molecule is C=CCn1c(-c2ccc(OC)cc2)nn(CN2CC=C(c3ccccc3)CC2)c1=S. The standard InChI is InChI=1S/C24H26N4OS/c1-3-15-27-23(21-9-11-22(29-2)12-10-21)25-28(24(27)30)18-26-16-13-20(14-17-26)19-7-5-4-6-8-19/h3-13H,1,14-18H2,2H3. The van der Waals surface area contributed by atoms with Gasteiger partial charge in [-0.1, -0.05) is 42.5 Å². The van der Waals surface area contributed by atoms with Crippen LogP contribution in [0.1, 0.15) is 12.0 Å². The lowest BCUT2D eigenvalue weighted by Gasteiger charge is -2.26. The Balaban J connectivity index is 1.55. The van der Waals surface area contributed by atoms with Crippen molar-refractivity contribution in [3.63, 3.8) is 0 Å². The van der Waals surface area contributed by atoms with E-state index in [1.807, 2.05) is 39.6 Å². The van der Waals surface area contributed by atoms with Gasteiger partial charge < -0.3 is 4.74 Å². The number of hydrogen-bond donors (Lipinski definition) is 0. The Hall–Kier alpha value is -2.96. The average Bonchev–Trinajstić information content (AvgIpc) is 3.10. The summed E-state index contributed by atoms with van der Waals surface area (Å²) in [5.74, 6) is 1.67. The molecular weight excluding hydrogens is 392 g/mol. The van der Waals surface area contributed by atoms with Crippen molar-refractivity contribution in [2.45, 2.75) is 19.6 Å². The monoisotopic (exact) mass is 418 g/mol. The molecule has 2 heterocycles. The van der Waals surface area contributed by atoms with Crippen LogP contribution < -0.4 is 4.74 Å². The predicted molar refractivity (Wildman–Crippen MR) is 124 cm³/mol. The van der Waals surface area contributed by atoms with E-state index in [9.17, 15) is 0 Å². The molecule has 1 aliphatic heterocycles. The van der Waals surface area contributed by atoms with E-state index in [0.29, 0.717) is 18.0 Å². The second-order valence-corrected chi connectivity index (χ2v) is 7.66. The van der Waals surface area contributed by atoms with Crippen molar-refractivity contribution < 1.29 is 4.74 Å². The number of aromatic nitrogens is 3. The summed E-state index contributed by atoms with van der Waals surface area (Å²) in [4.78, 5) is 2.37. The zero-order valence-electron chi connectivity index (χ0n) is 17.2. The molecule has 0 N–H and O–H groups in total. The lowest BCUT2D eigenvalue weighted by Crippen LogP contribution is -2.31. The summed E-state index contributed by atoms with van der Waals surface area (Å²) >= 11 is 5.74. The van der Waals surface area contributed by atoms with Crippen molar-refractivity contribution in [3.05, 3.63) is 83.7 Å². The van der Waals surface area contributed by atoms with Gasteiger partial charge in [-0.25, -0.2) is 4.68 Å². The minimum absolute atomic E-state index is 0.623. The highest BCUT2D eigenvalue weighted by molar-refractivity contribution is 7.71. The van der Waals surface area contributed by atoms with Crippen LogP contribution in [0.2, 0.25) is 0 Å². The molecule has 0 unspecified atom stereocenters. The summed E-state index contributed by atoms with van der Waals surface area (Å²) in [5, 5.41) is 4.85. The first-order chi connectivity index (χ1) is 14.7. The van der Waals surface area contributed by atoms with Gasteiger partial charge in [0.15, 0.2) is 10.6 Å². The maximum atomic E-state index is 5.74. The first-order valence-electron chi connectivity index (χ1n) is 10.1. The Kier molecular flexibility index (Phi) is 6.26. The van der Waals surface area contributed by atoms with Crippen molar-refractivity contribution in [3.8, 4) is 17.1 Å². The molecule has 0 aliphatic carbocycles. The van der Waals surface area contributed by atoms with E-state index < -0.39 is 0 Å². The second-order valence-electron chi connectivity index (χ2n) is 7.30. The molecular formula is C24H26N4OS. The molecule has 5 nitrogen and oxygen atoms in total. The Morgan fingerprint density at radius 1 is 1.10 bits per heavy atom. The van der Waals surface area contributed by atoms with Gasteiger partial charge in [0.05, 0.1) is 13.8 Å². The summed E-state index contributed by atoms with van der Waals surface area (Å²) in [6.07, 6.45) is 5.19. The van der Waals surface area contributed by atoms with Crippen LogP contribution in [0.4, 0.5) is 0 Å². The Morgan fingerprint density at radius 3 is 2.50 bits per heavy atom. The molecule has 2 aromatic carbocycles. The summed E-state index contributed by atoms with van der Waals surface area (Å²) in [5.41, 5.74) is 3.73. The van der Waals surface area contributed by atoms with Crippen LogP contribution in [0.5, 0.6) is 5.75 Å². The smallest absolute Gasteiger partial charge is 0.199 e. The van der Waals surface area contributed by atoms with Gasteiger partial charge in [-0.2, -0.15) is 5.10 Å². The van der Waals surface area contributed by atoms with Crippen molar-refractivity contribution in [1.29, 1.82) is 0 Å². The van der Waals surface area contributed by atoms with Crippen LogP contribution in [-0.4, -0.2) is 39.4 Å². The summed E-state index contributed by atoms with van der Waals surface area (Å²) < 4.78 is 9.92. The zero-order valence-corrected chi connectivity index (χ0v) is 18.0. The highest BCUT2D eigenvalue weighted by Gasteiger charge is 2.17. The molecule has 3 aromatic rings. The molecule has 0 amide bonds. The van der Waals surface area contributed by atoms with Gasteiger partial charge >= 0.3 is 0 Å². The second kappa shape index (κ2) is 9.24. The third-order valence-electron chi connectivity index (χ3n) is 5.35. The third kappa shape index (κ3) is 4.30. The largest absolute Gasteiger partial charge is 0.497 e. The van der Waals surface area contributed by atoms with Gasteiger partial charge in [-0.3, -0.25) is 9.47 Å². The zero-order chi connectivity index (χ0) is 20.9. The Labute approximate surface area is 182 Å². The maximum Gasteiger partial charge on any atom is 0.199 e. The van der Waals surface area contributed by atoms with Gasteiger partial charge in [-0.05, 0) is 54.0 Å². The lowest BCUT2D eigenvalue weighted by atomic mass is 10.00. The van der Waals surface area contributed by atoms with Crippen LogP contribution in [-0.2, 0) is 13.2 Å². The van der Waals surface area contributed by atoms with Gasteiger partial charge in [0.2, 0.25) is 0 Å². The van der Waals surface area contributed by atoms with Crippen LogP contribution in [0.3, 0.4) is 0 Å². The molecule has 0 fully saturated rings. The minimum atomic E-state index is 0.623. The van der Waals surface area contributed by atoms with Crippen LogP contribution in [0.25, 0.3) is 17.0 Å². The number of ether oxygens (including phenoxy) is 1. The minimum Gasteiger partial charge on any atom is -0.497 e. The average molecular weight is 419 g/mol. The van der Waals surface area contributed by atoms with Crippen LogP contribution in [0, 0.1) is 4.77 Å². The summed E-state index contributed by atoms with van der Waals surface area (Å²) in [6, 6.07) is 18.5. The van der Waals surface area contributed by atoms with E-state index >= 15 is 0 Å². The van der Waals surface area contributed by atoms with Gasteiger partial charge in [-0.15, -0.1) is 6.58 Å². The molecule has 154 valence electrons. The molecule has 1 aromatic heterocycles. The van der Waals surface area contributed by atoms with E-state index in [-0.39, 0.29) is 0 Å². The van der Waals surface area contributed by atoms with E-state index in [1.54, 1.807) is 7.11 Å². The first kappa shape index (κ1) is 20.3. The number of rotatable bonds is 7. The van der Waals surface area contributed by atoms with Gasteiger partial charge in [0, 0.05) is 25.2 Å². The number of benzene rings is 2. The van der Waals surface area contributed by atoms with Gasteiger partial charge in [0.1, 0.15) is 5.75 Å². The third-order valence-corrected chi connectivity index (χ3v) is 5.79.